The average molecular weight is 177 g/mol. The van der Waals surface area contributed by atoms with Crippen molar-refractivity contribution in [3.05, 3.63) is 29.3 Å². The summed E-state index contributed by atoms with van der Waals surface area (Å²) in [6, 6.07) is 6.59. The summed E-state index contributed by atoms with van der Waals surface area (Å²) >= 11 is 0. The Kier molecular flexibility index (Phi) is 3.35. The highest BCUT2D eigenvalue weighted by Gasteiger charge is 2.07. The second kappa shape index (κ2) is 4.31. The topological polar surface area (TPSA) is 12.0 Å². The first-order valence-corrected chi connectivity index (χ1v) is 4.97. The largest absolute Gasteiger partial charge is 0.388 e. The smallest absolute Gasteiger partial charge is 0.0373 e. The zero-order valence-corrected chi connectivity index (χ0v) is 9.02. The Morgan fingerprint density at radius 1 is 1.38 bits per heavy atom. The number of anilines is 1. The Morgan fingerprint density at radius 3 is 2.62 bits per heavy atom. The van der Waals surface area contributed by atoms with E-state index in [9.17, 15) is 0 Å². The van der Waals surface area contributed by atoms with Crippen LogP contribution in [0, 0.1) is 6.92 Å². The van der Waals surface area contributed by atoms with Crippen LogP contribution in [0.25, 0.3) is 0 Å². The van der Waals surface area contributed by atoms with Crippen molar-refractivity contribution >= 4 is 5.69 Å². The summed E-state index contributed by atoms with van der Waals surface area (Å²) in [5.41, 5.74) is 4.04. The third kappa shape index (κ3) is 2.24. The van der Waals surface area contributed by atoms with Gasteiger partial charge < -0.3 is 5.32 Å². The number of nitrogens with one attached hydrogen (secondary N) is 1. The maximum Gasteiger partial charge on any atom is 0.0373 e. The minimum Gasteiger partial charge on any atom is -0.388 e. The molecular weight excluding hydrogens is 158 g/mol. The number of hydrogen-bond donors (Lipinski definition) is 1. The highest BCUT2D eigenvalue weighted by Crippen LogP contribution is 2.27. The molecule has 1 heteroatoms. The Balaban J connectivity index is 3.07. The van der Waals surface area contributed by atoms with Crippen molar-refractivity contribution in [2.75, 3.05) is 12.4 Å². The molecule has 0 spiro atoms. The van der Waals surface area contributed by atoms with Gasteiger partial charge in [0, 0.05) is 12.7 Å². The minimum absolute atomic E-state index is 0.641. The number of benzene rings is 1. The third-order valence-electron chi connectivity index (χ3n) is 2.62. The van der Waals surface area contributed by atoms with E-state index in [1.807, 2.05) is 7.05 Å². The summed E-state index contributed by atoms with van der Waals surface area (Å²) in [6.07, 6.45) is 1.19. The first-order chi connectivity index (χ1) is 6.19. The molecule has 0 amide bonds. The lowest BCUT2D eigenvalue weighted by molar-refractivity contribution is 0.734. The SMILES string of the molecule is CCC(C)c1cc(C)ccc1NC. The second-order valence-electron chi connectivity index (χ2n) is 3.65. The van der Waals surface area contributed by atoms with E-state index in [0.29, 0.717) is 5.92 Å². The van der Waals surface area contributed by atoms with E-state index in [1.165, 1.54) is 23.2 Å². The fraction of sp³-hybridized carbons (Fsp3) is 0.500. The van der Waals surface area contributed by atoms with E-state index in [1.54, 1.807) is 0 Å². The van der Waals surface area contributed by atoms with E-state index in [0.717, 1.165) is 0 Å². The summed E-state index contributed by atoms with van der Waals surface area (Å²) < 4.78 is 0. The van der Waals surface area contributed by atoms with Crippen LogP contribution in [0.5, 0.6) is 0 Å². The van der Waals surface area contributed by atoms with Gasteiger partial charge >= 0.3 is 0 Å². The highest BCUT2D eigenvalue weighted by atomic mass is 14.8. The second-order valence-corrected chi connectivity index (χ2v) is 3.65. The van der Waals surface area contributed by atoms with Crippen molar-refractivity contribution in [2.45, 2.75) is 33.1 Å². The van der Waals surface area contributed by atoms with E-state index in [4.69, 9.17) is 0 Å². The van der Waals surface area contributed by atoms with Gasteiger partial charge in [-0.2, -0.15) is 0 Å². The molecule has 0 fully saturated rings. The zero-order chi connectivity index (χ0) is 9.84. The van der Waals surface area contributed by atoms with Crippen molar-refractivity contribution in [3.8, 4) is 0 Å². The lowest BCUT2D eigenvalue weighted by Gasteiger charge is -2.15. The van der Waals surface area contributed by atoms with Gasteiger partial charge in [-0.05, 0) is 30.9 Å². The summed E-state index contributed by atoms with van der Waals surface area (Å²) in [5.74, 6) is 0.641. The maximum atomic E-state index is 3.24. The van der Waals surface area contributed by atoms with Crippen molar-refractivity contribution in [3.63, 3.8) is 0 Å². The van der Waals surface area contributed by atoms with Crippen LogP contribution in [0.1, 0.15) is 37.3 Å². The van der Waals surface area contributed by atoms with E-state index >= 15 is 0 Å². The third-order valence-corrected chi connectivity index (χ3v) is 2.62. The molecule has 0 bridgehead atoms. The van der Waals surface area contributed by atoms with Crippen LogP contribution in [0.15, 0.2) is 18.2 Å². The Hall–Kier alpha value is -0.980. The average Bonchev–Trinajstić information content (AvgIpc) is 2.16. The number of hydrogen-bond acceptors (Lipinski definition) is 1. The predicted octanol–water partition coefficient (Wildman–Crippen LogP) is 3.55. The fourth-order valence-corrected chi connectivity index (χ4v) is 1.54. The molecule has 0 saturated heterocycles. The molecule has 0 aliphatic heterocycles. The summed E-state index contributed by atoms with van der Waals surface area (Å²) in [7, 11) is 1.98. The molecule has 0 radical (unpaired) electrons. The lowest BCUT2D eigenvalue weighted by Crippen LogP contribution is -1.99. The van der Waals surface area contributed by atoms with Crippen molar-refractivity contribution < 1.29 is 0 Å². The minimum atomic E-state index is 0.641. The molecule has 72 valence electrons. The van der Waals surface area contributed by atoms with Gasteiger partial charge in [0.05, 0.1) is 0 Å². The van der Waals surface area contributed by atoms with Gasteiger partial charge in [-0.25, -0.2) is 0 Å². The molecule has 0 heterocycles. The van der Waals surface area contributed by atoms with Crippen LogP contribution in [-0.2, 0) is 0 Å². The molecule has 0 aliphatic rings. The van der Waals surface area contributed by atoms with Crippen molar-refractivity contribution in [2.24, 2.45) is 0 Å². The normalized spacial score (nSPS) is 12.6. The first-order valence-electron chi connectivity index (χ1n) is 4.97. The van der Waals surface area contributed by atoms with Crippen LogP contribution in [-0.4, -0.2) is 7.05 Å². The zero-order valence-electron chi connectivity index (χ0n) is 9.02. The van der Waals surface area contributed by atoms with Gasteiger partial charge in [-0.15, -0.1) is 0 Å². The molecule has 0 aromatic heterocycles. The van der Waals surface area contributed by atoms with E-state index in [2.05, 4.69) is 44.3 Å². The molecule has 1 aromatic rings. The van der Waals surface area contributed by atoms with Gasteiger partial charge in [0.15, 0.2) is 0 Å². The molecule has 1 unspecified atom stereocenters. The van der Waals surface area contributed by atoms with E-state index in [-0.39, 0.29) is 0 Å². The summed E-state index contributed by atoms with van der Waals surface area (Å²) in [4.78, 5) is 0. The van der Waals surface area contributed by atoms with Crippen LogP contribution in [0.4, 0.5) is 5.69 Å². The van der Waals surface area contributed by atoms with Crippen LogP contribution >= 0.6 is 0 Å². The predicted molar refractivity (Wildman–Crippen MR) is 59.4 cm³/mol. The molecule has 1 rings (SSSR count). The Bertz CT molecular complexity index is 278. The summed E-state index contributed by atoms with van der Waals surface area (Å²) in [6.45, 7) is 6.65. The molecule has 1 N–H and O–H groups in total. The molecule has 13 heavy (non-hydrogen) atoms. The molecular formula is C12H19N. The van der Waals surface area contributed by atoms with E-state index < -0.39 is 0 Å². The monoisotopic (exact) mass is 177 g/mol. The Labute approximate surface area is 81.2 Å². The van der Waals surface area contributed by atoms with Crippen LogP contribution in [0.3, 0.4) is 0 Å². The van der Waals surface area contributed by atoms with Gasteiger partial charge in [0.2, 0.25) is 0 Å². The van der Waals surface area contributed by atoms with Gasteiger partial charge in [-0.1, -0.05) is 31.5 Å². The number of aryl methyl sites for hydroxylation is 1. The standard InChI is InChI=1S/C12H19N/c1-5-10(3)11-8-9(2)6-7-12(11)13-4/h6-8,10,13H,5H2,1-4H3. The molecule has 0 aliphatic carbocycles. The number of rotatable bonds is 3. The quantitative estimate of drug-likeness (QED) is 0.744. The van der Waals surface area contributed by atoms with Gasteiger partial charge in [0.25, 0.3) is 0 Å². The van der Waals surface area contributed by atoms with Gasteiger partial charge in [-0.3, -0.25) is 0 Å². The highest BCUT2D eigenvalue weighted by molar-refractivity contribution is 5.53. The fourth-order valence-electron chi connectivity index (χ4n) is 1.54. The molecule has 1 aromatic carbocycles. The van der Waals surface area contributed by atoms with Crippen LogP contribution < -0.4 is 5.32 Å². The van der Waals surface area contributed by atoms with Crippen molar-refractivity contribution in [1.82, 2.24) is 0 Å². The summed E-state index contributed by atoms with van der Waals surface area (Å²) in [5, 5.41) is 3.24. The maximum absolute atomic E-state index is 3.24. The molecule has 1 nitrogen and oxygen atoms in total. The molecule has 1 atom stereocenters. The lowest BCUT2D eigenvalue weighted by atomic mass is 9.95. The van der Waals surface area contributed by atoms with Crippen molar-refractivity contribution in [1.29, 1.82) is 0 Å². The Morgan fingerprint density at radius 2 is 2.08 bits per heavy atom. The first kappa shape index (κ1) is 10.1. The van der Waals surface area contributed by atoms with Crippen LogP contribution in [0.2, 0.25) is 0 Å². The van der Waals surface area contributed by atoms with Gasteiger partial charge in [0.1, 0.15) is 0 Å². The molecule has 0 saturated carbocycles.